The van der Waals surface area contributed by atoms with Crippen LogP contribution in [0.1, 0.15) is 92.9 Å². The molecule has 0 spiro atoms. The average Bonchev–Trinajstić information content (AvgIpc) is 2.98. The number of rotatable bonds is 5. The first-order valence-corrected chi connectivity index (χ1v) is 13.3. The lowest BCUT2D eigenvalue weighted by molar-refractivity contribution is -0.137. The van der Waals surface area contributed by atoms with E-state index < -0.39 is 17.8 Å². The van der Waals surface area contributed by atoms with Crippen LogP contribution in [0.2, 0.25) is 0 Å². The third kappa shape index (κ3) is 3.82. The van der Waals surface area contributed by atoms with Gasteiger partial charge in [-0.1, -0.05) is 46.3 Å². The number of hydrogen-bond donors (Lipinski definition) is 4. The first kappa shape index (κ1) is 24.7. The molecule has 4 heteroatoms. The van der Waals surface area contributed by atoms with Gasteiger partial charge in [0.2, 0.25) is 0 Å². The second kappa shape index (κ2) is 8.36. The van der Waals surface area contributed by atoms with Gasteiger partial charge in [0.25, 0.3) is 0 Å². The Hall–Kier alpha value is -0.420. The van der Waals surface area contributed by atoms with Crippen molar-refractivity contribution in [1.82, 2.24) is 0 Å². The Bertz CT molecular complexity index is 729. The maximum absolute atomic E-state index is 11.7. The molecule has 11 atom stereocenters. The van der Waals surface area contributed by atoms with Crippen LogP contribution in [0.4, 0.5) is 0 Å². The lowest BCUT2D eigenvalue weighted by Gasteiger charge is -2.59. The lowest BCUT2D eigenvalue weighted by Crippen LogP contribution is -2.56. The Kier molecular flexibility index (Phi) is 6.45. The van der Waals surface area contributed by atoms with Gasteiger partial charge in [0.15, 0.2) is 0 Å². The highest BCUT2D eigenvalue weighted by Crippen LogP contribution is 2.67. The van der Waals surface area contributed by atoms with Crippen LogP contribution in [0.5, 0.6) is 0 Å². The molecule has 32 heavy (non-hydrogen) atoms. The molecular formula is C28H48O4. The van der Waals surface area contributed by atoms with Crippen molar-refractivity contribution in [3.05, 3.63) is 11.6 Å². The Morgan fingerprint density at radius 2 is 1.75 bits per heavy atom. The Morgan fingerprint density at radius 3 is 2.41 bits per heavy atom. The number of fused-ring (bicyclic) bond motifs is 5. The topological polar surface area (TPSA) is 80.9 Å². The zero-order chi connectivity index (χ0) is 23.6. The Labute approximate surface area is 195 Å². The molecule has 0 aliphatic heterocycles. The summed E-state index contributed by atoms with van der Waals surface area (Å²) in [5, 5.41) is 44.6. The van der Waals surface area contributed by atoms with Crippen LogP contribution in [0.15, 0.2) is 11.6 Å². The van der Waals surface area contributed by atoms with Gasteiger partial charge in [-0.05, 0) is 98.7 Å². The molecule has 0 aromatic rings. The highest BCUT2D eigenvalue weighted by molar-refractivity contribution is 5.28. The summed E-state index contributed by atoms with van der Waals surface area (Å²) in [6, 6.07) is 0. The average molecular weight is 449 g/mol. The van der Waals surface area contributed by atoms with Gasteiger partial charge in [-0.15, -0.1) is 0 Å². The smallest absolute Gasteiger partial charge is 0.0757 e. The van der Waals surface area contributed by atoms with Crippen molar-refractivity contribution in [3.8, 4) is 0 Å². The van der Waals surface area contributed by atoms with Gasteiger partial charge in [-0.2, -0.15) is 0 Å². The van der Waals surface area contributed by atoms with Crippen molar-refractivity contribution in [3.63, 3.8) is 0 Å². The first-order chi connectivity index (χ1) is 14.8. The number of hydrogen-bond acceptors (Lipinski definition) is 4. The predicted octanol–water partition coefficient (Wildman–Crippen LogP) is 4.69. The second-order valence-electron chi connectivity index (χ2n) is 13.2. The van der Waals surface area contributed by atoms with E-state index in [2.05, 4.69) is 40.7 Å². The molecule has 4 N–H and O–H groups in total. The van der Waals surface area contributed by atoms with E-state index in [0.29, 0.717) is 37.0 Å². The molecule has 0 amide bonds. The van der Waals surface area contributed by atoms with E-state index in [-0.39, 0.29) is 34.7 Å². The van der Waals surface area contributed by atoms with Crippen molar-refractivity contribution in [1.29, 1.82) is 0 Å². The molecule has 3 saturated carbocycles. The van der Waals surface area contributed by atoms with Gasteiger partial charge >= 0.3 is 0 Å². The zero-order valence-electron chi connectivity index (χ0n) is 21.2. The summed E-state index contributed by atoms with van der Waals surface area (Å²) in [6.45, 7) is 13.3. The van der Waals surface area contributed by atoms with Crippen molar-refractivity contribution in [2.45, 2.75) is 117 Å². The summed E-state index contributed by atoms with van der Waals surface area (Å²) >= 11 is 0. The summed E-state index contributed by atoms with van der Waals surface area (Å²) in [5.74, 6) is 1.71. The van der Waals surface area contributed by atoms with Gasteiger partial charge in [0.05, 0.1) is 23.9 Å². The highest BCUT2D eigenvalue weighted by Gasteiger charge is 2.65. The van der Waals surface area contributed by atoms with Gasteiger partial charge in [0, 0.05) is 5.92 Å². The van der Waals surface area contributed by atoms with Crippen LogP contribution in [0.25, 0.3) is 0 Å². The molecule has 4 aliphatic carbocycles. The maximum Gasteiger partial charge on any atom is 0.0757 e. The van der Waals surface area contributed by atoms with Crippen molar-refractivity contribution in [2.75, 3.05) is 0 Å². The van der Waals surface area contributed by atoms with Crippen molar-refractivity contribution in [2.24, 2.45) is 46.3 Å². The minimum absolute atomic E-state index is 0.0444. The fourth-order valence-corrected chi connectivity index (χ4v) is 8.78. The summed E-state index contributed by atoms with van der Waals surface area (Å²) in [5.41, 5.74) is 0.224. The summed E-state index contributed by atoms with van der Waals surface area (Å²) < 4.78 is 0. The molecular weight excluding hydrogens is 400 g/mol. The second-order valence-corrected chi connectivity index (χ2v) is 13.2. The fraction of sp³-hybridized carbons (Fsp3) is 0.929. The summed E-state index contributed by atoms with van der Waals surface area (Å²) in [6.07, 6.45) is 7.62. The van der Waals surface area contributed by atoms with Crippen LogP contribution >= 0.6 is 0 Å². The molecule has 0 aromatic carbocycles. The van der Waals surface area contributed by atoms with Gasteiger partial charge in [-0.25, -0.2) is 0 Å². The van der Waals surface area contributed by atoms with Crippen molar-refractivity contribution < 1.29 is 20.4 Å². The molecule has 0 bridgehead atoms. The SMILES string of the molecule is CC(C)C(C)CCC(C)(O)C1C(O)CC2C3C(O)C=C4CC(O)CCC4(C)C3CCC21C. The minimum Gasteiger partial charge on any atom is -0.393 e. The van der Waals surface area contributed by atoms with Crippen LogP contribution in [0.3, 0.4) is 0 Å². The molecule has 0 heterocycles. The number of aliphatic hydroxyl groups excluding tert-OH is 3. The summed E-state index contributed by atoms with van der Waals surface area (Å²) in [7, 11) is 0. The van der Waals surface area contributed by atoms with E-state index in [1.807, 2.05) is 6.92 Å². The van der Waals surface area contributed by atoms with Crippen LogP contribution in [0, 0.1) is 46.3 Å². The first-order valence-electron chi connectivity index (χ1n) is 13.3. The molecule has 4 rings (SSSR count). The van der Waals surface area contributed by atoms with Gasteiger partial charge < -0.3 is 20.4 Å². The number of aliphatic hydroxyl groups is 4. The largest absolute Gasteiger partial charge is 0.393 e. The Morgan fingerprint density at radius 1 is 1.06 bits per heavy atom. The maximum atomic E-state index is 11.7. The summed E-state index contributed by atoms with van der Waals surface area (Å²) in [4.78, 5) is 0. The highest BCUT2D eigenvalue weighted by atomic mass is 16.3. The van der Waals surface area contributed by atoms with Crippen LogP contribution in [-0.4, -0.2) is 44.3 Å². The molecule has 3 fully saturated rings. The third-order valence-electron chi connectivity index (χ3n) is 11.0. The quantitative estimate of drug-likeness (QED) is 0.460. The van der Waals surface area contributed by atoms with Gasteiger partial charge in [-0.3, -0.25) is 0 Å². The van der Waals surface area contributed by atoms with Crippen LogP contribution < -0.4 is 0 Å². The van der Waals surface area contributed by atoms with E-state index in [4.69, 9.17) is 0 Å². The minimum atomic E-state index is -0.904. The van der Waals surface area contributed by atoms with E-state index in [1.54, 1.807) is 0 Å². The zero-order valence-corrected chi connectivity index (χ0v) is 21.2. The molecule has 4 aliphatic rings. The van der Waals surface area contributed by atoms with E-state index in [9.17, 15) is 20.4 Å². The monoisotopic (exact) mass is 448 g/mol. The normalized spacial score (nSPS) is 49.0. The lowest BCUT2D eigenvalue weighted by atomic mass is 9.46. The van der Waals surface area contributed by atoms with Crippen molar-refractivity contribution >= 4 is 0 Å². The molecule has 11 unspecified atom stereocenters. The molecule has 4 nitrogen and oxygen atoms in total. The molecule has 0 saturated heterocycles. The van der Waals surface area contributed by atoms with E-state index in [1.165, 1.54) is 5.57 Å². The van der Waals surface area contributed by atoms with Gasteiger partial charge in [0.1, 0.15) is 0 Å². The van der Waals surface area contributed by atoms with E-state index in [0.717, 1.165) is 32.1 Å². The fourth-order valence-electron chi connectivity index (χ4n) is 8.78. The molecule has 184 valence electrons. The van der Waals surface area contributed by atoms with E-state index >= 15 is 0 Å². The molecule has 0 radical (unpaired) electrons. The molecule has 0 aromatic heterocycles. The Balaban J connectivity index is 1.61. The van der Waals surface area contributed by atoms with Crippen LogP contribution in [-0.2, 0) is 0 Å². The standard InChI is InChI=1S/C28H48O4/c1-16(2)17(3)7-12-28(6,32)25-23(31)15-21-24-20(9-11-27(21,25)5)26(4)10-8-19(29)13-18(26)14-22(24)30/h14,16-17,19-25,29-32H,7-13,15H2,1-6H3. The predicted molar refractivity (Wildman–Crippen MR) is 128 cm³/mol. The third-order valence-corrected chi connectivity index (χ3v) is 11.0.